The minimum absolute atomic E-state index is 0.118. The van der Waals surface area contributed by atoms with Crippen LogP contribution in [-0.2, 0) is 14.8 Å². The van der Waals surface area contributed by atoms with Crippen LogP contribution in [0, 0.1) is 17.6 Å². The van der Waals surface area contributed by atoms with E-state index in [1.54, 1.807) is 18.3 Å². The van der Waals surface area contributed by atoms with Crippen LogP contribution in [0.15, 0.2) is 45.9 Å². The number of hydrogen-bond acceptors (Lipinski definition) is 4. The van der Waals surface area contributed by atoms with Crippen LogP contribution in [0.4, 0.5) is 14.6 Å². The molecule has 0 atom stereocenters. The smallest absolute Gasteiger partial charge is 0.243 e. The van der Waals surface area contributed by atoms with Crippen molar-refractivity contribution in [2.24, 2.45) is 5.92 Å². The van der Waals surface area contributed by atoms with Crippen molar-refractivity contribution in [3.05, 3.63) is 52.6 Å². The molecule has 0 saturated carbocycles. The molecule has 1 fully saturated rings. The molecule has 1 amide bonds. The number of aromatic nitrogens is 1. The zero-order valence-corrected chi connectivity index (χ0v) is 16.4. The Morgan fingerprint density at radius 1 is 1.15 bits per heavy atom. The maximum absolute atomic E-state index is 13.4. The molecule has 10 heteroatoms. The van der Waals surface area contributed by atoms with Gasteiger partial charge < -0.3 is 5.32 Å². The average Bonchev–Trinajstić information content (AvgIpc) is 2.66. The van der Waals surface area contributed by atoms with Gasteiger partial charge in [-0.3, -0.25) is 4.79 Å². The topological polar surface area (TPSA) is 79.4 Å². The molecule has 6 nitrogen and oxygen atoms in total. The Hall–Kier alpha value is -1.91. The first-order valence-corrected chi connectivity index (χ1v) is 10.4. The summed E-state index contributed by atoms with van der Waals surface area (Å²) in [6.45, 7) is 0.236. The highest BCUT2D eigenvalue weighted by Gasteiger charge is 2.32. The molecule has 0 spiro atoms. The van der Waals surface area contributed by atoms with Gasteiger partial charge in [-0.25, -0.2) is 22.2 Å². The third-order valence-electron chi connectivity index (χ3n) is 4.33. The highest BCUT2D eigenvalue weighted by atomic mass is 79.9. The van der Waals surface area contributed by atoms with Gasteiger partial charge in [-0.1, -0.05) is 0 Å². The van der Waals surface area contributed by atoms with Gasteiger partial charge in [0.15, 0.2) is 11.6 Å². The van der Waals surface area contributed by atoms with Crippen LogP contribution >= 0.6 is 15.9 Å². The summed E-state index contributed by atoms with van der Waals surface area (Å²) < 4.78 is 53.5. The van der Waals surface area contributed by atoms with Crippen molar-refractivity contribution in [1.82, 2.24) is 9.29 Å². The molecule has 27 heavy (non-hydrogen) atoms. The number of amides is 1. The monoisotopic (exact) mass is 459 g/mol. The number of piperidine rings is 1. The van der Waals surface area contributed by atoms with E-state index < -0.39 is 21.7 Å². The maximum atomic E-state index is 13.4. The summed E-state index contributed by atoms with van der Waals surface area (Å²) in [6, 6.07) is 5.90. The van der Waals surface area contributed by atoms with Crippen molar-refractivity contribution < 1.29 is 22.0 Å². The largest absolute Gasteiger partial charge is 0.310 e. The first-order chi connectivity index (χ1) is 12.8. The van der Waals surface area contributed by atoms with Crippen LogP contribution in [0.2, 0.25) is 0 Å². The van der Waals surface area contributed by atoms with Gasteiger partial charge in [0.1, 0.15) is 5.82 Å². The highest BCUT2D eigenvalue weighted by Crippen LogP contribution is 2.25. The average molecular weight is 460 g/mol. The molecule has 1 aromatic carbocycles. The Bertz CT molecular complexity index is 946. The molecule has 0 unspecified atom stereocenters. The summed E-state index contributed by atoms with van der Waals surface area (Å²) in [4.78, 5) is 16.1. The van der Waals surface area contributed by atoms with Gasteiger partial charge in [0.2, 0.25) is 15.9 Å². The molecule has 1 N–H and O–H groups in total. The van der Waals surface area contributed by atoms with E-state index in [4.69, 9.17) is 0 Å². The molecular formula is C17H16BrF2N3O3S. The molecule has 1 saturated heterocycles. The van der Waals surface area contributed by atoms with Crippen LogP contribution in [-0.4, -0.2) is 36.7 Å². The number of sulfonamides is 1. The van der Waals surface area contributed by atoms with Gasteiger partial charge in [0, 0.05) is 29.7 Å². The number of nitrogens with one attached hydrogen (secondary N) is 1. The Kier molecular flexibility index (Phi) is 5.87. The number of benzene rings is 1. The molecule has 0 bridgehead atoms. The number of hydrogen-bond donors (Lipinski definition) is 1. The number of rotatable bonds is 4. The van der Waals surface area contributed by atoms with E-state index in [1.807, 2.05) is 0 Å². The summed E-state index contributed by atoms with van der Waals surface area (Å²) >= 11 is 3.26. The lowest BCUT2D eigenvalue weighted by Gasteiger charge is -2.30. The van der Waals surface area contributed by atoms with E-state index in [0.717, 1.165) is 16.6 Å². The van der Waals surface area contributed by atoms with E-state index in [-0.39, 0.29) is 29.8 Å². The van der Waals surface area contributed by atoms with Crippen molar-refractivity contribution >= 4 is 37.7 Å². The molecule has 0 radical (unpaired) electrons. The fraction of sp³-hybridized carbons (Fsp3) is 0.294. The quantitative estimate of drug-likeness (QED) is 0.761. The summed E-state index contributed by atoms with van der Waals surface area (Å²) in [6.07, 6.45) is 2.21. The molecule has 3 rings (SSSR count). The van der Waals surface area contributed by atoms with Crippen LogP contribution in [0.25, 0.3) is 0 Å². The first kappa shape index (κ1) is 19.8. The Morgan fingerprint density at radius 2 is 1.85 bits per heavy atom. The molecular weight excluding hydrogens is 444 g/mol. The number of anilines is 1. The predicted octanol–water partition coefficient (Wildman–Crippen LogP) is 3.16. The second-order valence-corrected chi connectivity index (χ2v) is 8.96. The van der Waals surface area contributed by atoms with E-state index in [1.165, 1.54) is 4.31 Å². The lowest BCUT2D eigenvalue weighted by atomic mass is 9.97. The maximum Gasteiger partial charge on any atom is 0.243 e. The molecule has 2 aromatic rings. The molecule has 1 aliphatic heterocycles. The van der Waals surface area contributed by atoms with Gasteiger partial charge in [0.25, 0.3) is 0 Å². The van der Waals surface area contributed by atoms with Crippen molar-refractivity contribution in [2.75, 3.05) is 18.4 Å². The Morgan fingerprint density at radius 3 is 2.44 bits per heavy atom. The second kappa shape index (κ2) is 7.99. The van der Waals surface area contributed by atoms with Crippen LogP contribution in [0.3, 0.4) is 0 Å². The zero-order chi connectivity index (χ0) is 19.6. The Balaban J connectivity index is 1.63. The molecule has 2 heterocycles. The predicted molar refractivity (Wildman–Crippen MR) is 98.4 cm³/mol. The lowest BCUT2D eigenvalue weighted by molar-refractivity contribution is -0.120. The van der Waals surface area contributed by atoms with E-state index >= 15 is 0 Å². The van der Waals surface area contributed by atoms with E-state index in [9.17, 15) is 22.0 Å². The van der Waals surface area contributed by atoms with Crippen molar-refractivity contribution in [3.8, 4) is 0 Å². The number of nitrogens with zero attached hydrogens (tertiary/aromatic N) is 2. The van der Waals surface area contributed by atoms with E-state index in [2.05, 4.69) is 26.2 Å². The van der Waals surface area contributed by atoms with Gasteiger partial charge in [-0.05, 0) is 59.1 Å². The van der Waals surface area contributed by atoms with Gasteiger partial charge in [-0.2, -0.15) is 4.31 Å². The summed E-state index contributed by atoms with van der Waals surface area (Å²) in [5.41, 5.74) is 0. The number of carbonyl (C=O) groups is 1. The molecule has 1 aliphatic rings. The number of carbonyl (C=O) groups excluding carboxylic acids is 1. The van der Waals surface area contributed by atoms with Crippen molar-refractivity contribution in [3.63, 3.8) is 0 Å². The van der Waals surface area contributed by atoms with Crippen LogP contribution in [0.1, 0.15) is 12.8 Å². The fourth-order valence-electron chi connectivity index (χ4n) is 2.82. The minimum atomic E-state index is -3.94. The number of halogens is 3. The Labute approximate surface area is 163 Å². The second-order valence-electron chi connectivity index (χ2n) is 6.11. The third-order valence-corrected chi connectivity index (χ3v) is 6.70. The standard InChI is InChI=1S/C17H16BrF2N3O3S/c18-12-1-4-16(21-10-12)22-17(24)11-5-7-23(8-6-11)27(25,26)13-2-3-14(19)15(20)9-13/h1-4,9-11H,5-8H2,(H,21,22,24). The minimum Gasteiger partial charge on any atom is -0.310 e. The van der Waals surface area contributed by atoms with Crippen molar-refractivity contribution in [1.29, 1.82) is 0 Å². The van der Waals surface area contributed by atoms with Gasteiger partial charge in [-0.15, -0.1) is 0 Å². The van der Waals surface area contributed by atoms with Crippen LogP contribution in [0.5, 0.6) is 0 Å². The first-order valence-electron chi connectivity index (χ1n) is 8.15. The van der Waals surface area contributed by atoms with Gasteiger partial charge >= 0.3 is 0 Å². The van der Waals surface area contributed by atoms with E-state index in [0.29, 0.717) is 24.7 Å². The summed E-state index contributed by atoms with van der Waals surface area (Å²) in [5.74, 6) is -2.49. The zero-order valence-electron chi connectivity index (χ0n) is 14.0. The summed E-state index contributed by atoms with van der Waals surface area (Å²) in [7, 11) is -3.94. The SMILES string of the molecule is O=C(Nc1ccc(Br)cn1)C1CCN(S(=O)(=O)c2ccc(F)c(F)c2)CC1. The summed E-state index contributed by atoms with van der Waals surface area (Å²) in [5, 5.41) is 2.71. The molecule has 0 aliphatic carbocycles. The molecule has 144 valence electrons. The third kappa shape index (κ3) is 4.50. The fourth-order valence-corrected chi connectivity index (χ4v) is 4.54. The number of pyridine rings is 1. The highest BCUT2D eigenvalue weighted by molar-refractivity contribution is 9.10. The molecule has 1 aromatic heterocycles. The van der Waals surface area contributed by atoms with Gasteiger partial charge in [0.05, 0.1) is 4.90 Å². The lowest BCUT2D eigenvalue weighted by Crippen LogP contribution is -2.41. The normalized spacial score (nSPS) is 16.3. The van der Waals surface area contributed by atoms with Crippen LogP contribution < -0.4 is 5.32 Å². The van der Waals surface area contributed by atoms with Crippen molar-refractivity contribution in [2.45, 2.75) is 17.7 Å².